The summed E-state index contributed by atoms with van der Waals surface area (Å²) in [6.45, 7) is 9.56. The van der Waals surface area contributed by atoms with E-state index in [1.807, 2.05) is 0 Å². The number of rotatable bonds is 4. The first-order valence-corrected chi connectivity index (χ1v) is 5.70. The molecule has 0 bridgehead atoms. The highest BCUT2D eigenvalue weighted by Gasteiger charge is 1.93. The van der Waals surface area contributed by atoms with Gasteiger partial charge in [-0.2, -0.15) is 0 Å². The molecular formula is C13H24O9. The van der Waals surface area contributed by atoms with Crippen molar-refractivity contribution in [1.82, 2.24) is 0 Å². The third kappa shape index (κ3) is 52.4. The maximum absolute atomic E-state index is 9.60. The monoisotopic (exact) mass is 324 g/mol. The lowest BCUT2D eigenvalue weighted by atomic mass is 10.4. The van der Waals surface area contributed by atoms with E-state index in [-0.39, 0.29) is 24.4 Å². The van der Waals surface area contributed by atoms with Crippen molar-refractivity contribution in [2.24, 2.45) is 0 Å². The molecule has 0 heterocycles. The summed E-state index contributed by atoms with van der Waals surface area (Å²) in [6.07, 6.45) is -0.954. The molecule has 6 N–H and O–H groups in total. The van der Waals surface area contributed by atoms with E-state index in [2.05, 4.69) is 13.2 Å². The van der Waals surface area contributed by atoms with Crippen molar-refractivity contribution in [1.29, 1.82) is 0 Å². The fourth-order valence-electron chi connectivity index (χ4n) is 0.0577. The van der Waals surface area contributed by atoms with Crippen LogP contribution in [0.4, 0.5) is 0 Å². The Bertz CT molecular complexity index is 305. The number of aliphatic hydroxyl groups is 3. The highest BCUT2D eigenvalue weighted by molar-refractivity contribution is 5.85. The molecule has 9 nitrogen and oxygen atoms in total. The van der Waals surface area contributed by atoms with Crippen molar-refractivity contribution in [3.05, 3.63) is 24.3 Å². The molecule has 0 fully saturated rings. The lowest BCUT2D eigenvalue weighted by Crippen LogP contribution is -2.15. The van der Waals surface area contributed by atoms with E-state index >= 15 is 0 Å². The topological polar surface area (TPSA) is 173 Å². The van der Waals surface area contributed by atoms with Gasteiger partial charge in [0.15, 0.2) is 0 Å². The number of aliphatic carboxylic acids is 3. The van der Waals surface area contributed by atoms with Crippen LogP contribution in [0.25, 0.3) is 0 Å². The zero-order valence-corrected chi connectivity index (χ0v) is 12.8. The van der Waals surface area contributed by atoms with E-state index in [0.29, 0.717) is 0 Å². The highest BCUT2D eigenvalue weighted by Crippen LogP contribution is 1.81. The number of hydrogen-bond donors (Lipinski definition) is 6. The minimum Gasteiger partial charge on any atom is -0.481 e. The molecule has 0 amide bonds. The van der Waals surface area contributed by atoms with Gasteiger partial charge in [0.1, 0.15) is 6.10 Å². The predicted octanol–water partition coefficient (Wildman–Crippen LogP) is -0.283. The van der Waals surface area contributed by atoms with Gasteiger partial charge in [-0.1, -0.05) is 13.2 Å². The maximum Gasteiger partial charge on any atom is 0.330 e. The van der Waals surface area contributed by atoms with Crippen molar-refractivity contribution in [3.63, 3.8) is 0 Å². The number of carboxylic acid groups (broad SMARTS) is 3. The van der Waals surface area contributed by atoms with Gasteiger partial charge >= 0.3 is 11.9 Å². The second-order valence-electron chi connectivity index (χ2n) is 3.71. The Morgan fingerprint density at radius 2 is 0.955 bits per heavy atom. The summed E-state index contributed by atoms with van der Waals surface area (Å²) in [5.41, 5.74) is 0.352. The second-order valence-corrected chi connectivity index (χ2v) is 3.71. The summed E-state index contributed by atoms with van der Waals surface area (Å²) in [5, 5.41) is 47.2. The number of carboxylic acids is 3. The van der Waals surface area contributed by atoms with Gasteiger partial charge in [-0.15, -0.1) is 0 Å². The third-order valence-electron chi connectivity index (χ3n) is 1.15. The molecule has 22 heavy (non-hydrogen) atoms. The molecule has 0 aliphatic heterocycles. The lowest BCUT2D eigenvalue weighted by molar-refractivity contribution is -0.135. The third-order valence-corrected chi connectivity index (χ3v) is 1.15. The molecule has 0 aromatic carbocycles. The van der Waals surface area contributed by atoms with Crippen molar-refractivity contribution in [2.75, 3.05) is 13.2 Å². The molecule has 9 heteroatoms. The van der Waals surface area contributed by atoms with Crippen LogP contribution in [0, 0.1) is 0 Å². The fourth-order valence-corrected chi connectivity index (χ4v) is 0.0577. The Balaban J connectivity index is -0.0000000994. The average molecular weight is 324 g/mol. The first kappa shape index (κ1) is 28.0. The molecule has 0 aliphatic carbocycles. The predicted molar refractivity (Wildman–Crippen MR) is 78.4 cm³/mol. The normalized spacial score (nSPS) is 7.95. The van der Waals surface area contributed by atoms with Crippen LogP contribution < -0.4 is 0 Å². The quantitative estimate of drug-likeness (QED) is 0.380. The van der Waals surface area contributed by atoms with E-state index in [9.17, 15) is 9.59 Å². The van der Waals surface area contributed by atoms with Crippen molar-refractivity contribution < 1.29 is 45.0 Å². The number of aliphatic hydroxyl groups excluding tert-OH is 3. The summed E-state index contributed by atoms with van der Waals surface area (Å²) < 4.78 is 0. The van der Waals surface area contributed by atoms with Crippen LogP contribution in [-0.4, -0.2) is 67.9 Å². The molecule has 0 unspecified atom stereocenters. The van der Waals surface area contributed by atoms with Crippen LogP contribution in [-0.2, 0) is 14.4 Å². The molecule has 0 atom stereocenters. The zero-order chi connectivity index (χ0) is 18.9. The summed E-state index contributed by atoms with van der Waals surface area (Å²) in [4.78, 5) is 28.2. The van der Waals surface area contributed by atoms with Gasteiger partial charge in [-0.3, -0.25) is 4.79 Å². The summed E-state index contributed by atoms with van der Waals surface area (Å²) >= 11 is 0. The van der Waals surface area contributed by atoms with Crippen LogP contribution in [0.3, 0.4) is 0 Å². The first-order valence-electron chi connectivity index (χ1n) is 5.70. The molecule has 0 aliphatic rings. The Hall–Kier alpha value is -2.23. The minimum atomic E-state index is -0.954. The Kier molecular flexibility index (Phi) is 23.9. The van der Waals surface area contributed by atoms with Crippen LogP contribution in [0.1, 0.15) is 20.8 Å². The average Bonchev–Trinajstić information content (AvgIpc) is 2.38. The van der Waals surface area contributed by atoms with Crippen LogP contribution in [0.5, 0.6) is 0 Å². The van der Waals surface area contributed by atoms with E-state index in [4.69, 9.17) is 35.4 Å². The molecule has 0 aromatic heterocycles. The van der Waals surface area contributed by atoms with Crippen LogP contribution in [0.2, 0.25) is 0 Å². The molecule has 0 saturated carbocycles. The van der Waals surface area contributed by atoms with Gasteiger partial charge in [0.05, 0.1) is 13.2 Å². The summed E-state index contributed by atoms with van der Waals surface area (Å²) in [6, 6.07) is 0. The molecular weight excluding hydrogens is 300 g/mol. The van der Waals surface area contributed by atoms with Gasteiger partial charge < -0.3 is 30.6 Å². The summed E-state index contributed by atoms with van der Waals surface area (Å²) in [7, 11) is 0. The first-order chi connectivity index (χ1) is 9.83. The Morgan fingerprint density at radius 1 is 0.818 bits per heavy atom. The van der Waals surface area contributed by atoms with E-state index < -0.39 is 24.0 Å². The highest BCUT2D eigenvalue weighted by atomic mass is 16.4. The number of carbonyl (C=O) groups is 3. The lowest BCUT2D eigenvalue weighted by Gasteiger charge is -1.96. The molecule has 0 rings (SSSR count). The largest absolute Gasteiger partial charge is 0.481 e. The van der Waals surface area contributed by atoms with E-state index in [1.54, 1.807) is 0 Å². The van der Waals surface area contributed by atoms with Gasteiger partial charge in [0.2, 0.25) is 0 Å². The van der Waals surface area contributed by atoms with Crippen molar-refractivity contribution in [3.8, 4) is 0 Å². The summed E-state index contributed by atoms with van der Waals surface area (Å²) in [5.74, 6) is -2.70. The molecule has 0 spiro atoms. The van der Waals surface area contributed by atoms with Gasteiger partial charge in [0, 0.05) is 18.1 Å². The molecule has 0 saturated heterocycles. The molecule has 0 radical (unpaired) electrons. The van der Waals surface area contributed by atoms with Crippen molar-refractivity contribution >= 4 is 17.9 Å². The zero-order valence-electron chi connectivity index (χ0n) is 12.8. The van der Waals surface area contributed by atoms with Crippen LogP contribution in [0.15, 0.2) is 24.3 Å². The van der Waals surface area contributed by atoms with Crippen LogP contribution >= 0.6 is 0 Å². The minimum absolute atomic E-state index is 0.176. The van der Waals surface area contributed by atoms with Gasteiger partial charge in [-0.25, -0.2) is 9.59 Å². The van der Waals surface area contributed by atoms with Gasteiger partial charge in [0.25, 0.3) is 5.97 Å². The van der Waals surface area contributed by atoms with Crippen molar-refractivity contribution in [2.45, 2.75) is 26.9 Å². The smallest absolute Gasteiger partial charge is 0.330 e. The molecule has 0 aromatic rings. The van der Waals surface area contributed by atoms with E-state index in [1.165, 1.54) is 13.8 Å². The second kappa shape index (κ2) is 18.8. The van der Waals surface area contributed by atoms with Gasteiger partial charge in [-0.05, 0) is 13.8 Å². The molecule has 130 valence electrons. The SMILES string of the molecule is C=C(C)C(=O)O.C=C(C)C(=O)O.CC(=O)O.OCC(O)CO. The fraction of sp³-hybridized carbons (Fsp3) is 0.462. The van der Waals surface area contributed by atoms with E-state index in [0.717, 1.165) is 6.92 Å². The number of hydrogen-bond acceptors (Lipinski definition) is 6. The maximum atomic E-state index is 9.60. The Labute approximate surface area is 128 Å². The Morgan fingerprint density at radius 3 is 0.955 bits per heavy atom. The standard InChI is InChI=1S/2C4H6O2.C3H8O3.C2H4O2/c2*1-3(2)4(5)6;4-1-3(6)2-5;1-2(3)4/h2*1H2,2H3,(H,5,6);3-6H,1-2H2;1H3,(H,3,4).